The van der Waals surface area contributed by atoms with E-state index >= 15 is 0 Å². The van der Waals surface area contributed by atoms with Crippen LogP contribution in [0.5, 0.6) is 0 Å². The molecule has 36 heavy (non-hydrogen) atoms. The lowest BCUT2D eigenvalue weighted by Crippen LogP contribution is -2.63. The Morgan fingerprint density at radius 2 is 1.69 bits per heavy atom. The Bertz CT molecular complexity index is 857. The summed E-state index contributed by atoms with van der Waals surface area (Å²) >= 11 is 0. The zero-order valence-electron chi connectivity index (χ0n) is 20.7. The molecule has 1 N–H and O–H groups in total. The summed E-state index contributed by atoms with van der Waals surface area (Å²) in [7, 11) is -4.00. The number of alkyl halides is 4. The van der Waals surface area contributed by atoms with Crippen LogP contribution in [0.4, 0.5) is 17.6 Å². The van der Waals surface area contributed by atoms with Crippen LogP contribution in [0, 0.1) is 5.92 Å². The molecule has 0 radical (unpaired) electrons. The van der Waals surface area contributed by atoms with E-state index in [1.807, 2.05) is 6.92 Å². The fraction of sp³-hybridized carbons (Fsp3) is 0.958. The molecule has 0 aromatic heterocycles. The van der Waals surface area contributed by atoms with E-state index in [2.05, 4.69) is 5.32 Å². The van der Waals surface area contributed by atoms with Crippen LogP contribution >= 0.6 is 0 Å². The maximum Gasteiger partial charge on any atom is 0.229 e. The second-order valence-corrected chi connectivity index (χ2v) is 12.8. The van der Waals surface area contributed by atoms with Crippen molar-refractivity contribution in [3.8, 4) is 0 Å². The van der Waals surface area contributed by atoms with Crippen LogP contribution in [-0.2, 0) is 24.3 Å². The molecule has 9 atom stereocenters. The van der Waals surface area contributed by atoms with Gasteiger partial charge >= 0.3 is 0 Å². The highest BCUT2D eigenvalue weighted by Crippen LogP contribution is 2.38. The van der Waals surface area contributed by atoms with Gasteiger partial charge in [0.1, 0.15) is 30.6 Å². The molecule has 0 spiro atoms. The van der Waals surface area contributed by atoms with Crippen molar-refractivity contribution in [2.75, 3.05) is 19.8 Å². The number of amides is 1. The number of nitrogens with one attached hydrogen (secondary N) is 1. The predicted molar refractivity (Wildman–Crippen MR) is 125 cm³/mol. The highest BCUT2D eigenvalue weighted by atomic mass is 32.2. The van der Waals surface area contributed by atoms with Crippen LogP contribution in [0.3, 0.4) is 0 Å². The van der Waals surface area contributed by atoms with E-state index in [4.69, 9.17) is 9.47 Å². The van der Waals surface area contributed by atoms with Gasteiger partial charge in [0.2, 0.25) is 15.9 Å². The summed E-state index contributed by atoms with van der Waals surface area (Å²) < 4.78 is 96.8. The lowest BCUT2D eigenvalue weighted by atomic mass is 9.83. The van der Waals surface area contributed by atoms with Crippen molar-refractivity contribution in [3.63, 3.8) is 0 Å². The van der Waals surface area contributed by atoms with Crippen molar-refractivity contribution in [2.24, 2.45) is 5.92 Å². The minimum atomic E-state index is -4.00. The van der Waals surface area contributed by atoms with Crippen molar-refractivity contribution < 1.29 is 40.2 Å². The number of sulfonamides is 1. The molecule has 4 fully saturated rings. The Morgan fingerprint density at radius 1 is 0.972 bits per heavy atom. The molecular weight excluding hydrogens is 504 g/mol. The Labute approximate surface area is 210 Å². The topological polar surface area (TPSA) is 84.9 Å². The van der Waals surface area contributed by atoms with Gasteiger partial charge in [-0.25, -0.2) is 26.0 Å². The molecule has 0 aromatic rings. The highest BCUT2D eigenvalue weighted by Gasteiger charge is 2.50. The lowest BCUT2D eigenvalue weighted by molar-refractivity contribution is -0.140. The molecule has 0 bridgehead atoms. The molecule has 4 aliphatic rings. The van der Waals surface area contributed by atoms with E-state index in [0.29, 0.717) is 25.9 Å². The van der Waals surface area contributed by atoms with Gasteiger partial charge < -0.3 is 14.8 Å². The first-order chi connectivity index (χ1) is 17.1. The number of carbonyl (C=O) groups excluding carboxylic acids is 1. The zero-order valence-corrected chi connectivity index (χ0v) is 21.5. The molecule has 208 valence electrons. The largest absolute Gasteiger partial charge is 0.379 e. The fourth-order valence-electron chi connectivity index (χ4n) is 6.20. The average Bonchev–Trinajstić information content (AvgIpc) is 2.83. The van der Waals surface area contributed by atoms with Gasteiger partial charge in [0.05, 0.1) is 30.1 Å². The molecule has 3 saturated carbocycles. The SMILES string of the molecule is CCOCC1CN(S(=O)(=O)C2CCC(F)C(F)C2)C2CC(NC(=O)C3C(F)CCCC3F)CCC2O1. The summed E-state index contributed by atoms with van der Waals surface area (Å²) in [6, 6.07) is -1.10. The zero-order chi connectivity index (χ0) is 26.0. The third kappa shape index (κ3) is 6.02. The van der Waals surface area contributed by atoms with E-state index in [-0.39, 0.29) is 45.3 Å². The first-order valence-electron chi connectivity index (χ1n) is 13.2. The minimum absolute atomic E-state index is 0.0123. The second-order valence-electron chi connectivity index (χ2n) is 10.6. The summed E-state index contributed by atoms with van der Waals surface area (Å²) in [6.45, 7) is 2.47. The maximum atomic E-state index is 14.3. The van der Waals surface area contributed by atoms with Crippen LogP contribution in [0.15, 0.2) is 0 Å². The second kappa shape index (κ2) is 11.8. The number of hydrogen-bond acceptors (Lipinski definition) is 5. The van der Waals surface area contributed by atoms with Gasteiger partial charge in [-0.1, -0.05) is 0 Å². The third-order valence-corrected chi connectivity index (χ3v) is 10.5. The van der Waals surface area contributed by atoms with E-state index in [0.717, 1.165) is 0 Å². The third-order valence-electron chi connectivity index (χ3n) is 8.16. The Morgan fingerprint density at radius 3 is 2.36 bits per heavy atom. The Kier molecular flexibility index (Phi) is 9.21. The van der Waals surface area contributed by atoms with Gasteiger partial charge in [-0.05, 0) is 64.7 Å². The number of carbonyl (C=O) groups is 1. The number of nitrogens with zero attached hydrogens (tertiary/aromatic N) is 1. The molecule has 4 rings (SSSR count). The molecule has 1 saturated heterocycles. The summed E-state index contributed by atoms with van der Waals surface area (Å²) in [6.07, 6.45) is -6.23. The molecule has 1 aliphatic heterocycles. The van der Waals surface area contributed by atoms with Gasteiger partial charge in [-0.3, -0.25) is 4.79 Å². The fourth-order valence-corrected chi connectivity index (χ4v) is 8.41. The standard InChI is InChI=1S/C24H38F4N2O5S/c1-2-34-13-15-12-30(36(32,33)16-7-8-17(25)20(28)11-16)21-10-14(6-9-22(21)35-15)29-24(31)23-18(26)4-3-5-19(23)27/h14-23H,2-13H2,1H3,(H,29,31). The van der Waals surface area contributed by atoms with Crippen LogP contribution in [-0.4, -0.2) is 92.6 Å². The summed E-state index contributed by atoms with van der Waals surface area (Å²) in [5.41, 5.74) is 0. The maximum absolute atomic E-state index is 14.3. The van der Waals surface area contributed by atoms with Crippen LogP contribution in [0.1, 0.15) is 64.7 Å². The predicted octanol–water partition coefficient (Wildman–Crippen LogP) is 3.16. The molecule has 9 unspecified atom stereocenters. The van der Waals surface area contributed by atoms with Gasteiger partial charge in [-0.15, -0.1) is 0 Å². The van der Waals surface area contributed by atoms with Crippen molar-refractivity contribution in [1.82, 2.24) is 9.62 Å². The van der Waals surface area contributed by atoms with Crippen molar-refractivity contribution >= 4 is 15.9 Å². The molecule has 7 nitrogen and oxygen atoms in total. The van der Waals surface area contributed by atoms with Gasteiger partial charge in [0.25, 0.3) is 0 Å². The first-order valence-corrected chi connectivity index (χ1v) is 14.7. The molecule has 0 aromatic carbocycles. The lowest BCUT2D eigenvalue weighted by Gasteiger charge is -2.49. The van der Waals surface area contributed by atoms with Crippen molar-refractivity contribution in [1.29, 1.82) is 0 Å². The molecule has 12 heteroatoms. The smallest absolute Gasteiger partial charge is 0.229 e. The minimum Gasteiger partial charge on any atom is -0.379 e. The van der Waals surface area contributed by atoms with Crippen molar-refractivity contribution in [3.05, 3.63) is 0 Å². The van der Waals surface area contributed by atoms with E-state index in [1.165, 1.54) is 4.31 Å². The Hall–Kier alpha value is -0.980. The number of rotatable bonds is 7. The molecular formula is C24H38F4N2O5S. The summed E-state index contributed by atoms with van der Waals surface area (Å²) in [5.74, 6) is -2.04. The van der Waals surface area contributed by atoms with Crippen LogP contribution < -0.4 is 5.32 Å². The quantitative estimate of drug-likeness (QED) is 0.500. The monoisotopic (exact) mass is 542 g/mol. The summed E-state index contributed by atoms with van der Waals surface area (Å²) in [4.78, 5) is 12.8. The number of morpholine rings is 1. The van der Waals surface area contributed by atoms with Gasteiger partial charge in [-0.2, -0.15) is 4.31 Å². The molecule has 1 amide bonds. The van der Waals surface area contributed by atoms with Crippen LogP contribution in [0.25, 0.3) is 0 Å². The van der Waals surface area contributed by atoms with Crippen LogP contribution in [0.2, 0.25) is 0 Å². The number of fused-ring (bicyclic) bond motifs is 1. The molecule has 1 heterocycles. The average molecular weight is 543 g/mol. The van der Waals surface area contributed by atoms with E-state index in [1.54, 1.807) is 0 Å². The molecule has 3 aliphatic carbocycles. The number of hydrogen-bond donors (Lipinski definition) is 1. The normalized spacial score (nSPS) is 42.5. The van der Waals surface area contributed by atoms with Crippen molar-refractivity contribution in [2.45, 2.75) is 119 Å². The first kappa shape index (κ1) is 28.0. The number of halogens is 4. The highest BCUT2D eigenvalue weighted by molar-refractivity contribution is 7.89. The number of ether oxygens (including phenoxy) is 2. The van der Waals surface area contributed by atoms with Gasteiger partial charge in [0.15, 0.2) is 0 Å². The van der Waals surface area contributed by atoms with E-state index in [9.17, 15) is 30.8 Å². The van der Waals surface area contributed by atoms with E-state index < -0.39 is 82.5 Å². The Balaban J connectivity index is 1.49. The van der Waals surface area contributed by atoms with Gasteiger partial charge in [0, 0.05) is 19.2 Å². The summed E-state index contributed by atoms with van der Waals surface area (Å²) in [5, 5.41) is 1.72.